The molecule has 0 saturated heterocycles. The Hall–Kier alpha value is -6.82. The molecule has 0 atom stereocenters. The standard InChI is InChI=1S/C40H34N2O10/c1-3-11-33(43)49-21-23-51-39(47)25-13-5-7-17-29(25)41-31-19-9-15-27-35(31)37(45)28-16-10-20-32(36(28)38(27)46)42-30-18-8-6-14-26(30)40(48)52-24-22-50-34(44)12-4-2/h3-20,41-42H,21-24H2,1-2H3. The average molecular weight is 703 g/mol. The minimum atomic E-state index is -0.685. The highest BCUT2D eigenvalue weighted by atomic mass is 16.6. The van der Waals surface area contributed by atoms with Gasteiger partial charge in [0, 0.05) is 23.3 Å². The largest absolute Gasteiger partial charge is 0.459 e. The summed E-state index contributed by atoms with van der Waals surface area (Å²) in [7, 11) is 0. The van der Waals surface area contributed by atoms with Crippen LogP contribution in [0.4, 0.5) is 22.7 Å². The van der Waals surface area contributed by atoms with Crippen LogP contribution in [0.3, 0.4) is 0 Å². The summed E-state index contributed by atoms with van der Waals surface area (Å²) in [6.45, 7) is 2.75. The molecule has 52 heavy (non-hydrogen) atoms. The van der Waals surface area contributed by atoms with Crippen molar-refractivity contribution in [3.8, 4) is 0 Å². The number of carbonyl (C=O) groups is 6. The highest BCUT2D eigenvalue weighted by molar-refractivity contribution is 6.32. The predicted molar refractivity (Wildman–Crippen MR) is 191 cm³/mol. The highest BCUT2D eigenvalue weighted by Gasteiger charge is 2.34. The van der Waals surface area contributed by atoms with Gasteiger partial charge in [-0.2, -0.15) is 0 Å². The fraction of sp³-hybridized carbons (Fsp3) is 0.150. The summed E-state index contributed by atoms with van der Waals surface area (Å²) in [6, 6.07) is 22.6. The normalized spacial score (nSPS) is 11.8. The highest BCUT2D eigenvalue weighted by Crippen LogP contribution is 2.38. The van der Waals surface area contributed by atoms with Crippen molar-refractivity contribution >= 4 is 58.2 Å². The number of hydrogen-bond donors (Lipinski definition) is 2. The van der Waals surface area contributed by atoms with Crippen molar-refractivity contribution in [2.24, 2.45) is 0 Å². The van der Waals surface area contributed by atoms with Gasteiger partial charge in [-0.15, -0.1) is 0 Å². The number of anilines is 4. The molecule has 0 aromatic heterocycles. The van der Waals surface area contributed by atoms with Crippen LogP contribution in [0.1, 0.15) is 66.4 Å². The van der Waals surface area contributed by atoms with Crippen molar-refractivity contribution in [2.75, 3.05) is 37.1 Å². The van der Waals surface area contributed by atoms with Gasteiger partial charge in [0.2, 0.25) is 0 Å². The van der Waals surface area contributed by atoms with Crippen molar-refractivity contribution in [3.63, 3.8) is 0 Å². The van der Waals surface area contributed by atoms with E-state index in [1.54, 1.807) is 98.8 Å². The van der Waals surface area contributed by atoms with Crippen molar-refractivity contribution in [1.29, 1.82) is 0 Å². The first-order chi connectivity index (χ1) is 25.2. The van der Waals surface area contributed by atoms with Crippen LogP contribution in [0.25, 0.3) is 0 Å². The summed E-state index contributed by atoms with van der Waals surface area (Å²) in [5.74, 6) is -3.34. The maximum absolute atomic E-state index is 14.1. The van der Waals surface area contributed by atoms with E-state index in [1.165, 1.54) is 24.3 Å². The quantitative estimate of drug-likeness (QED) is 0.0560. The molecular formula is C40H34N2O10. The third kappa shape index (κ3) is 8.48. The van der Waals surface area contributed by atoms with E-state index in [-0.39, 0.29) is 59.8 Å². The van der Waals surface area contributed by atoms with Crippen LogP contribution in [0, 0.1) is 0 Å². The van der Waals surface area contributed by atoms with Crippen LogP contribution in [0.2, 0.25) is 0 Å². The van der Waals surface area contributed by atoms with E-state index < -0.39 is 35.4 Å². The number of rotatable bonds is 14. The van der Waals surface area contributed by atoms with Crippen LogP contribution in [0.15, 0.2) is 109 Å². The molecule has 1 aliphatic rings. The minimum Gasteiger partial charge on any atom is -0.459 e. The lowest BCUT2D eigenvalue weighted by molar-refractivity contribution is -0.139. The van der Waals surface area contributed by atoms with Gasteiger partial charge in [0.15, 0.2) is 11.6 Å². The van der Waals surface area contributed by atoms with E-state index in [4.69, 9.17) is 18.9 Å². The Balaban J connectivity index is 1.35. The van der Waals surface area contributed by atoms with E-state index >= 15 is 0 Å². The number of hydrogen-bond acceptors (Lipinski definition) is 12. The Morgan fingerprint density at radius 3 is 1.27 bits per heavy atom. The van der Waals surface area contributed by atoms with Gasteiger partial charge in [-0.05, 0) is 50.2 Å². The molecule has 0 amide bonds. The topological polar surface area (TPSA) is 163 Å². The smallest absolute Gasteiger partial charge is 0.340 e. The lowest BCUT2D eigenvalue weighted by Crippen LogP contribution is -2.23. The predicted octanol–water partition coefficient (Wildman–Crippen LogP) is 6.50. The monoisotopic (exact) mass is 702 g/mol. The van der Waals surface area contributed by atoms with Crippen LogP contribution < -0.4 is 10.6 Å². The van der Waals surface area contributed by atoms with E-state index in [1.807, 2.05) is 0 Å². The molecule has 0 fully saturated rings. The van der Waals surface area contributed by atoms with E-state index in [9.17, 15) is 28.8 Å². The SMILES string of the molecule is CC=CC(=O)OCCOC(=O)c1ccccc1Nc1cccc2c1C(=O)c1cccc(Nc3ccccc3C(=O)OCCOC(=O)C=CC)c1C2=O. The number of benzene rings is 4. The first kappa shape index (κ1) is 36.5. The molecule has 12 nitrogen and oxygen atoms in total. The fourth-order valence-electron chi connectivity index (χ4n) is 5.36. The van der Waals surface area contributed by atoms with Crippen molar-refractivity contribution in [1.82, 2.24) is 0 Å². The molecule has 5 rings (SSSR count). The fourth-order valence-corrected chi connectivity index (χ4v) is 5.36. The average Bonchev–Trinajstić information content (AvgIpc) is 3.14. The Morgan fingerprint density at radius 2 is 0.865 bits per heavy atom. The molecule has 4 aromatic carbocycles. The van der Waals surface area contributed by atoms with Crippen LogP contribution >= 0.6 is 0 Å². The van der Waals surface area contributed by atoms with Gasteiger partial charge >= 0.3 is 23.9 Å². The molecule has 1 aliphatic carbocycles. The number of para-hydroxylation sites is 2. The second-order valence-corrected chi connectivity index (χ2v) is 11.1. The van der Waals surface area contributed by atoms with Gasteiger partial charge in [-0.1, -0.05) is 60.7 Å². The minimum absolute atomic E-state index is 0.121. The molecule has 4 aromatic rings. The van der Waals surface area contributed by atoms with Crippen LogP contribution in [-0.4, -0.2) is 61.9 Å². The van der Waals surface area contributed by atoms with Crippen LogP contribution in [-0.2, 0) is 28.5 Å². The first-order valence-electron chi connectivity index (χ1n) is 16.2. The second-order valence-electron chi connectivity index (χ2n) is 11.1. The molecule has 264 valence electrons. The molecule has 0 radical (unpaired) electrons. The molecule has 0 spiro atoms. The van der Waals surface area contributed by atoms with Gasteiger partial charge in [0.25, 0.3) is 0 Å². The zero-order valence-electron chi connectivity index (χ0n) is 28.3. The number of allylic oxidation sites excluding steroid dienone is 2. The first-order valence-corrected chi connectivity index (χ1v) is 16.2. The molecule has 0 saturated carbocycles. The second kappa shape index (κ2) is 17.2. The molecule has 0 bridgehead atoms. The zero-order chi connectivity index (χ0) is 37.0. The van der Waals surface area contributed by atoms with Crippen molar-refractivity contribution in [3.05, 3.63) is 143 Å². The maximum Gasteiger partial charge on any atom is 0.340 e. The third-order valence-corrected chi connectivity index (χ3v) is 7.63. The Bertz CT molecular complexity index is 1950. The van der Waals surface area contributed by atoms with Gasteiger partial charge in [0.05, 0.1) is 45.0 Å². The molecular weight excluding hydrogens is 668 g/mol. The maximum atomic E-state index is 14.1. The number of esters is 4. The Morgan fingerprint density at radius 1 is 0.500 bits per heavy atom. The number of carbonyl (C=O) groups excluding carboxylic acids is 6. The summed E-state index contributed by atoms with van der Waals surface area (Å²) in [4.78, 5) is 77.2. The number of ether oxygens (including phenoxy) is 4. The molecule has 0 heterocycles. The van der Waals surface area contributed by atoms with Gasteiger partial charge in [-0.3, -0.25) is 9.59 Å². The summed E-state index contributed by atoms with van der Waals surface area (Å²) < 4.78 is 20.5. The van der Waals surface area contributed by atoms with E-state index in [2.05, 4.69) is 10.6 Å². The molecule has 12 heteroatoms. The lowest BCUT2D eigenvalue weighted by Gasteiger charge is -2.24. The van der Waals surface area contributed by atoms with Crippen molar-refractivity contribution in [2.45, 2.75) is 13.8 Å². The third-order valence-electron chi connectivity index (χ3n) is 7.63. The van der Waals surface area contributed by atoms with Crippen LogP contribution in [0.5, 0.6) is 0 Å². The van der Waals surface area contributed by atoms with E-state index in [0.717, 1.165) is 0 Å². The summed E-state index contributed by atoms with van der Waals surface area (Å²) >= 11 is 0. The zero-order valence-corrected chi connectivity index (χ0v) is 28.3. The summed E-state index contributed by atoms with van der Waals surface area (Å²) in [5.41, 5.74) is 2.09. The molecule has 0 unspecified atom stereocenters. The number of ketones is 2. The van der Waals surface area contributed by atoms with Crippen molar-refractivity contribution < 1.29 is 47.7 Å². The summed E-state index contributed by atoms with van der Waals surface area (Å²) in [6.07, 6.45) is 5.57. The number of nitrogens with one attached hydrogen (secondary N) is 2. The lowest BCUT2D eigenvalue weighted by atomic mass is 9.82. The van der Waals surface area contributed by atoms with Gasteiger partial charge in [0.1, 0.15) is 26.4 Å². The molecule has 0 aliphatic heterocycles. The number of fused-ring (bicyclic) bond motifs is 2. The van der Waals surface area contributed by atoms with Gasteiger partial charge < -0.3 is 29.6 Å². The summed E-state index contributed by atoms with van der Waals surface area (Å²) in [5, 5.41) is 6.26. The van der Waals surface area contributed by atoms with Gasteiger partial charge in [-0.25, -0.2) is 19.2 Å². The van der Waals surface area contributed by atoms with E-state index in [0.29, 0.717) is 22.7 Å². The Kier molecular flexibility index (Phi) is 12.1. The Labute approximate surface area is 299 Å². The molecule has 2 N–H and O–H groups in total.